The van der Waals surface area contributed by atoms with Crippen LogP contribution in [0, 0.1) is 0 Å². The lowest BCUT2D eigenvalue weighted by Gasteiger charge is -2.23. The molecule has 3 aromatic rings. The number of aliphatic hydroxyl groups excluding tert-OH is 1. The fourth-order valence-corrected chi connectivity index (χ4v) is 5.52. The highest BCUT2D eigenvalue weighted by Gasteiger charge is 2.37. The van der Waals surface area contributed by atoms with E-state index in [-0.39, 0.29) is 50.0 Å². The molecule has 14 heteroatoms. The third-order valence-electron chi connectivity index (χ3n) is 7.58. The van der Waals surface area contributed by atoms with Crippen LogP contribution >= 0.6 is 0 Å². The van der Waals surface area contributed by atoms with Gasteiger partial charge in [-0.05, 0) is 43.2 Å². The van der Waals surface area contributed by atoms with E-state index in [1.807, 2.05) is 0 Å². The molecule has 0 radical (unpaired) electrons. The highest BCUT2D eigenvalue weighted by Crippen LogP contribution is 2.39. The maximum absolute atomic E-state index is 14.4. The van der Waals surface area contributed by atoms with Gasteiger partial charge in [0.25, 0.3) is 5.56 Å². The SMILES string of the molecule is COc1cc(OC)cc(-c2nn(-c3cc(N4CCC(O)C4)ccc3C(F)(F)F)c(=O)c3c2CCN3CC(=O)NCCN)c1. The molecule has 4 N–H and O–H groups in total. The van der Waals surface area contributed by atoms with Crippen molar-refractivity contribution in [2.24, 2.45) is 5.73 Å². The summed E-state index contributed by atoms with van der Waals surface area (Å²) in [5.74, 6) is 0.463. The number of alkyl halides is 3. The number of β-amino-alcohol motifs (C(OH)–C–C–N with tert-alkyl or cyclic N) is 1. The molecule has 0 aliphatic carbocycles. The second-order valence-electron chi connectivity index (χ2n) is 10.4. The molecule has 2 aliphatic rings. The number of hydrogen-bond acceptors (Lipinski definition) is 9. The standard InChI is InChI=1S/C29H33F3N6O5/c1-42-20-11-17(12-21(14-20)43-2)26-22-6-10-37(16-25(40)34-8-7-33)27(22)28(41)38(35-26)24-13-18(36-9-5-19(39)15-36)3-4-23(24)29(30,31)32/h3-4,11-14,19,39H,5-10,15-16,33H2,1-2H3,(H,34,40). The Morgan fingerprint density at radius 3 is 2.47 bits per heavy atom. The molecule has 2 aromatic carbocycles. The first-order chi connectivity index (χ1) is 20.5. The van der Waals surface area contributed by atoms with Gasteiger partial charge in [0, 0.05) is 55.6 Å². The summed E-state index contributed by atoms with van der Waals surface area (Å²) in [4.78, 5) is 30.0. The van der Waals surface area contributed by atoms with E-state index in [0.29, 0.717) is 47.7 Å². The van der Waals surface area contributed by atoms with Crippen LogP contribution in [0.5, 0.6) is 11.5 Å². The second kappa shape index (κ2) is 12.1. The van der Waals surface area contributed by atoms with E-state index >= 15 is 0 Å². The number of nitrogens with zero attached hydrogens (tertiary/aromatic N) is 4. The number of amides is 1. The Kier molecular flexibility index (Phi) is 8.51. The van der Waals surface area contributed by atoms with Crippen molar-refractivity contribution in [2.45, 2.75) is 25.1 Å². The number of aliphatic hydroxyl groups is 1. The van der Waals surface area contributed by atoms with Gasteiger partial charge in [-0.25, -0.2) is 0 Å². The van der Waals surface area contributed by atoms with Crippen molar-refractivity contribution in [3.05, 3.63) is 57.9 Å². The van der Waals surface area contributed by atoms with Gasteiger partial charge in [0.05, 0.1) is 43.8 Å². The molecule has 1 atom stereocenters. The largest absolute Gasteiger partial charge is 0.497 e. The minimum atomic E-state index is -4.81. The number of halogens is 3. The summed E-state index contributed by atoms with van der Waals surface area (Å²) in [6.07, 6.45) is -4.62. The predicted octanol–water partition coefficient (Wildman–Crippen LogP) is 1.94. The minimum absolute atomic E-state index is 0.0878. The van der Waals surface area contributed by atoms with Crippen LogP contribution in [0.3, 0.4) is 0 Å². The lowest BCUT2D eigenvalue weighted by molar-refractivity contribution is -0.137. The quantitative estimate of drug-likeness (QED) is 0.336. The molecule has 0 spiro atoms. The summed E-state index contributed by atoms with van der Waals surface area (Å²) < 4.78 is 54.8. The summed E-state index contributed by atoms with van der Waals surface area (Å²) in [5, 5.41) is 17.2. The molecule has 1 aromatic heterocycles. The van der Waals surface area contributed by atoms with Crippen molar-refractivity contribution in [1.82, 2.24) is 15.1 Å². The third-order valence-corrected chi connectivity index (χ3v) is 7.58. The normalized spacial score (nSPS) is 16.4. The zero-order valence-electron chi connectivity index (χ0n) is 23.8. The first kappa shape index (κ1) is 30.2. The molecule has 1 unspecified atom stereocenters. The van der Waals surface area contributed by atoms with Crippen LogP contribution in [0.25, 0.3) is 16.9 Å². The Morgan fingerprint density at radius 1 is 1.14 bits per heavy atom. The molecular formula is C29H33F3N6O5. The van der Waals surface area contributed by atoms with E-state index in [1.165, 1.54) is 26.4 Å². The van der Waals surface area contributed by atoms with Gasteiger partial charge in [-0.1, -0.05) is 0 Å². The van der Waals surface area contributed by atoms with Gasteiger partial charge in [-0.3, -0.25) is 9.59 Å². The number of hydrogen-bond donors (Lipinski definition) is 3. The van der Waals surface area contributed by atoms with E-state index in [9.17, 15) is 27.9 Å². The minimum Gasteiger partial charge on any atom is -0.497 e. The lowest BCUT2D eigenvalue weighted by Crippen LogP contribution is -2.40. The summed E-state index contributed by atoms with van der Waals surface area (Å²) in [5.41, 5.74) is 4.91. The van der Waals surface area contributed by atoms with Gasteiger partial charge in [0.2, 0.25) is 5.91 Å². The Balaban J connectivity index is 1.75. The van der Waals surface area contributed by atoms with Crippen LogP contribution in [0.15, 0.2) is 41.2 Å². The Hall–Kier alpha value is -4.30. The fourth-order valence-electron chi connectivity index (χ4n) is 5.52. The molecule has 11 nitrogen and oxygen atoms in total. The van der Waals surface area contributed by atoms with E-state index in [2.05, 4.69) is 10.4 Å². The average Bonchev–Trinajstić information content (AvgIpc) is 3.62. The highest BCUT2D eigenvalue weighted by atomic mass is 19.4. The average molecular weight is 603 g/mol. The number of nitrogens with two attached hydrogens (primary N) is 1. The first-order valence-corrected chi connectivity index (χ1v) is 13.8. The van der Waals surface area contributed by atoms with Crippen LogP contribution in [-0.4, -0.2) is 80.4 Å². The van der Waals surface area contributed by atoms with Crippen LogP contribution < -0.4 is 35.9 Å². The Labute approximate surface area is 245 Å². The number of nitrogens with one attached hydrogen (secondary N) is 1. The molecule has 5 rings (SSSR count). The number of rotatable bonds is 9. The van der Waals surface area contributed by atoms with Crippen molar-refractivity contribution >= 4 is 17.3 Å². The third kappa shape index (κ3) is 6.11. The van der Waals surface area contributed by atoms with Crippen LogP contribution in [0.1, 0.15) is 17.5 Å². The molecule has 3 heterocycles. The number of carbonyl (C=O) groups is 1. The number of methoxy groups -OCH3 is 2. The van der Waals surface area contributed by atoms with E-state index in [4.69, 9.17) is 15.2 Å². The molecule has 0 saturated carbocycles. The van der Waals surface area contributed by atoms with Crippen molar-refractivity contribution in [3.63, 3.8) is 0 Å². The van der Waals surface area contributed by atoms with Gasteiger partial charge in [-0.2, -0.15) is 23.0 Å². The molecule has 43 heavy (non-hydrogen) atoms. The van der Waals surface area contributed by atoms with Crippen molar-refractivity contribution in [3.8, 4) is 28.4 Å². The summed E-state index contributed by atoms with van der Waals surface area (Å²) >= 11 is 0. The maximum Gasteiger partial charge on any atom is 0.418 e. The Morgan fingerprint density at radius 2 is 1.86 bits per heavy atom. The molecular weight excluding hydrogens is 569 g/mol. The summed E-state index contributed by atoms with van der Waals surface area (Å²) in [7, 11) is 2.94. The number of ether oxygens (including phenoxy) is 2. The monoisotopic (exact) mass is 602 g/mol. The lowest BCUT2D eigenvalue weighted by atomic mass is 10.0. The zero-order chi connectivity index (χ0) is 30.9. The highest BCUT2D eigenvalue weighted by molar-refractivity contribution is 5.84. The smallest absolute Gasteiger partial charge is 0.418 e. The Bertz CT molecular complexity index is 1560. The topological polar surface area (TPSA) is 135 Å². The van der Waals surface area contributed by atoms with E-state index in [1.54, 1.807) is 28.0 Å². The molecule has 230 valence electrons. The molecule has 1 saturated heterocycles. The van der Waals surface area contributed by atoms with E-state index in [0.717, 1.165) is 10.7 Å². The number of carbonyl (C=O) groups excluding carboxylic acids is 1. The molecule has 2 aliphatic heterocycles. The van der Waals surface area contributed by atoms with Gasteiger partial charge in [0.15, 0.2) is 0 Å². The number of anilines is 2. The zero-order valence-corrected chi connectivity index (χ0v) is 23.8. The summed E-state index contributed by atoms with van der Waals surface area (Å²) in [6, 6.07) is 8.47. The fraction of sp³-hybridized carbons (Fsp3) is 0.414. The maximum atomic E-state index is 14.4. The number of fused-ring (bicyclic) bond motifs is 1. The van der Waals surface area contributed by atoms with Gasteiger partial charge in [-0.15, -0.1) is 0 Å². The number of aromatic nitrogens is 2. The van der Waals surface area contributed by atoms with Gasteiger partial charge in [0.1, 0.15) is 17.2 Å². The molecule has 0 bridgehead atoms. The van der Waals surface area contributed by atoms with Crippen LogP contribution in [-0.2, 0) is 17.4 Å². The van der Waals surface area contributed by atoms with Crippen LogP contribution in [0.2, 0.25) is 0 Å². The van der Waals surface area contributed by atoms with Gasteiger partial charge < -0.3 is 35.4 Å². The van der Waals surface area contributed by atoms with Crippen molar-refractivity contribution in [1.29, 1.82) is 0 Å². The molecule has 1 amide bonds. The van der Waals surface area contributed by atoms with Crippen molar-refractivity contribution in [2.75, 3.05) is 63.3 Å². The molecule has 1 fully saturated rings. The van der Waals surface area contributed by atoms with E-state index < -0.39 is 29.1 Å². The van der Waals surface area contributed by atoms with Gasteiger partial charge >= 0.3 is 6.18 Å². The first-order valence-electron chi connectivity index (χ1n) is 13.8. The second-order valence-corrected chi connectivity index (χ2v) is 10.4. The van der Waals surface area contributed by atoms with Crippen LogP contribution in [0.4, 0.5) is 24.5 Å². The predicted molar refractivity (Wildman–Crippen MR) is 154 cm³/mol. The summed E-state index contributed by atoms with van der Waals surface area (Å²) in [6.45, 7) is 1.24. The van der Waals surface area contributed by atoms with Crippen molar-refractivity contribution < 1.29 is 32.5 Å². The number of benzene rings is 2.